The van der Waals surface area contributed by atoms with Crippen molar-refractivity contribution in [2.24, 2.45) is 11.8 Å². The Hall–Kier alpha value is -2.09. The molecule has 7 heteroatoms. The van der Waals surface area contributed by atoms with E-state index in [2.05, 4.69) is 50.2 Å². The molecule has 1 unspecified atom stereocenters. The average Bonchev–Trinajstić information content (AvgIpc) is 3.13. The zero-order valence-corrected chi connectivity index (χ0v) is 20.3. The van der Waals surface area contributed by atoms with Gasteiger partial charge in [0.2, 0.25) is 0 Å². The van der Waals surface area contributed by atoms with Gasteiger partial charge < -0.3 is 5.11 Å². The first-order chi connectivity index (χ1) is 15.4. The molecule has 0 spiro atoms. The van der Waals surface area contributed by atoms with Crippen LogP contribution < -0.4 is 0 Å². The fourth-order valence-corrected chi connectivity index (χ4v) is 6.97. The number of hydrogen-bond acceptors (Lipinski definition) is 5. The molecule has 2 aliphatic rings. The zero-order chi connectivity index (χ0) is 22.8. The Balaban J connectivity index is 1.79. The second-order valence-electron chi connectivity index (χ2n) is 8.59. The fraction of sp³-hybridized carbons (Fsp3) is 0.400. The van der Waals surface area contributed by atoms with Crippen LogP contribution in [-0.4, -0.2) is 57.5 Å². The molecule has 0 fully saturated rings. The predicted octanol–water partition coefficient (Wildman–Crippen LogP) is 4.73. The number of carbonyl (C=O) groups excluding carboxylic acids is 2. The van der Waals surface area contributed by atoms with Crippen LogP contribution in [0.2, 0.25) is 0 Å². The van der Waals surface area contributed by atoms with Crippen LogP contribution in [0, 0.1) is 11.8 Å². The van der Waals surface area contributed by atoms with E-state index in [0.29, 0.717) is 25.3 Å². The van der Waals surface area contributed by atoms with Gasteiger partial charge in [0.05, 0.1) is 13.6 Å². The SMILES string of the molecule is CC(C)C[N+]1=C2SC(Cc3cccc4ccccc34)=C(SCCCO)C2C(=O)N(C)C1=O. The fourth-order valence-electron chi connectivity index (χ4n) is 4.19. The van der Waals surface area contributed by atoms with E-state index >= 15 is 0 Å². The Morgan fingerprint density at radius 3 is 2.66 bits per heavy atom. The van der Waals surface area contributed by atoms with E-state index in [4.69, 9.17) is 0 Å². The van der Waals surface area contributed by atoms with Gasteiger partial charge >= 0.3 is 11.9 Å². The van der Waals surface area contributed by atoms with Crippen molar-refractivity contribution in [3.05, 3.63) is 57.8 Å². The largest absolute Gasteiger partial charge is 0.501 e. The number of allylic oxidation sites excluding steroid dienone is 1. The molecule has 0 bridgehead atoms. The molecule has 2 aromatic carbocycles. The van der Waals surface area contributed by atoms with Gasteiger partial charge in [-0.15, -0.1) is 11.8 Å². The molecular weight excluding hydrogens is 440 g/mol. The van der Waals surface area contributed by atoms with Crippen LogP contribution >= 0.6 is 23.5 Å². The molecule has 5 nitrogen and oxygen atoms in total. The summed E-state index contributed by atoms with van der Waals surface area (Å²) in [6.45, 7) is 4.88. The molecule has 0 saturated carbocycles. The first-order valence-electron chi connectivity index (χ1n) is 11.0. The number of imide groups is 1. The number of amides is 3. The Morgan fingerprint density at radius 1 is 1.16 bits per heavy atom. The van der Waals surface area contributed by atoms with Crippen LogP contribution in [-0.2, 0) is 11.2 Å². The molecule has 0 radical (unpaired) electrons. The first-order valence-corrected chi connectivity index (χ1v) is 12.8. The summed E-state index contributed by atoms with van der Waals surface area (Å²) in [4.78, 5) is 29.6. The van der Waals surface area contributed by atoms with Gasteiger partial charge in [0.1, 0.15) is 0 Å². The Morgan fingerprint density at radius 2 is 1.91 bits per heavy atom. The molecule has 0 saturated heterocycles. The summed E-state index contributed by atoms with van der Waals surface area (Å²) >= 11 is 3.24. The minimum Gasteiger partial charge on any atom is -0.396 e. The van der Waals surface area contributed by atoms with Gasteiger partial charge in [-0.25, -0.2) is 4.79 Å². The van der Waals surface area contributed by atoms with Crippen molar-refractivity contribution in [2.75, 3.05) is 26.0 Å². The maximum absolute atomic E-state index is 13.2. The molecule has 3 amide bonds. The number of carbonyl (C=O) groups is 2. The number of rotatable bonds is 8. The minimum absolute atomic E-state index is 0.124. The molecule has 0 aromatic heterocycles. The highest BCUT2D eigenvalue weighted by Crippen LogP contribution is 2.48. The van der Waals surface area contributed by atoms with Crippen molar-refractivity contribution in [1.29, 1.82) is 0 Å². The van der Waals surface area contributed by atoms with Crippen LogP contribution in [0.3, 0.4) is 0 Å². The highest BCUT2D eigenvalue weighted by Gasteiger charge is 2.52. The van der Waals surface area contributed by atoms with Crippen molar-refractivity contribution in [1.82, 2.24) is 4.90 Å². The summed E-state index contributed by atoms with van der Waals surface area (Å²) in [5.74, 6) is 0.457. The van der Waals surface area contributed by atoms with Crippen molar-refractivity contribution in [3.8, 4) is 0 Å². The van der Waals surface area contributed by atoms with Crippen LogP contribution in [0.1, 0.15) is 25.8 Å². The molecule has 1 N–H and O–H groups in total. The average molecular weight is 470 g/mol. The van der Waals surface area contributed by atoms with Crippen LogP contribution in [0.25, 0.3) is 10.8 Å². The number of urea groups is 1. The second kappa shape index (κ2) is 9.81. The lowest BCUT2D eigenvalue weighted by Gasteiger charge is -2.24. The van der Waals surface area contributed by atoms with Crippen molar-refractivity contribution < 1.29 is 19.3 Å². The van der Waals surface area contributed by atoms with E-state index in [1.54, 1.807) is 35.1 Å². The lowest BCUT2D eigenvalue weighted by atomic mass is 10.0. The molecule has 168 valence electrons. The maximum Gasteiger partial charge on any atom is 0.501 e. The third-order valence-corrected chi connectivity index (χ3v) is 8.40. The zero-order valence-electron chi connectivity index (χ0n) is 18.7. The van der Waals surface area contributed by atoms with E-state index in [9.17, 15) is 14.7 Å². The normalized spacial score (nSPS) is 19.0. The lowest BCUT2D eigenvalue weighted by molar-refractivity contribution is -0.444. The third kappa shape index (κ3) is 4.38. The van der Waals surface area contributed by atoms with Crippen LogP contribution in [0.15, 0.2) is 52.3 Å². The molecule has 2 aromatic rings. The summed E-state index contributed by atoms with van der Waals surface area (Å²) in [5, 5.41) is 12.5. The van der Waals surface area contributed by atoms with Crippen LogP contribution in [0.4, 0.5) is 4.79 Å². The number of fused-ring (bicyclic) bond motifs is 2. The van der Waals surface area contributed by atoms with Crippen molar-refractivity contribution >= 4 is 51.3 Å². The first kappa shape index (κ1) is 23.1. The standard InChI is InChI=1S/C25H29N2O3S2/c1-16(2)15-27-24-21(23(29)26(3)25(27)30)22(31-13-7-12-28)20(32-24)14-18-10-6-9-17-8-4-5-11-19(17)18/h4-6,8-11,16,21,28H,7,12-15H2,1-3H3/q+1. The van der Waals surface area contributed by atoms with Gasteiger partial charge in [0.15, 0.2) is 11.0 Å². The lowest BCUT2D eigenvalue weighted by Crippen LogP contribution is -2.52. The Bertz CT molecular complexity index is 1120. The predicted molar refractivity (Wildman–Crippen MR) is 133 cm³/mol. The molecule has 1 atom stereocenters. The number of hydrogen-bond donors (Lipinski definition) is 1. The molecule has 2 heterocycles. The van der Waals surface area contributed by atoms with Gasteiger partial charge in [0, 0.05) is 22.8 Å². The molecule has 2 aliphatic heterocycles. The van der Waals surface area contributed by atoms with E-state index in [1.807, 2.05) is 6.07 Å². The molecule has 0 aliphatic carbocycles. The van der Waals surface area contributed by atoms with E-state index in [-0.39, 0.29) is 18.5 Å². The summed E-state index contributed by atoms with van der Waals surface area (Å²) in [5.41, 5.74) is 1.22. The van der Waals surface area contributed by atoms with Crippen molar-refractivity contribution in [3.63, 3.8) is 0 Å². The summed E-state index contributed by atoms with van der Waals surface area (Å²) in [6, 6.07) is 14.4. The van der Waals surface area contributed by atoms with Gasteiger partial charge in [-0.05, 0) is 34.4 Å². The van der Waals surface area contributed by atoms with E-state index < -0.39 is 5.92 Å². The van der Waals surface area contributed by atoms with Gasteiger partial charge in [-0.3, -0.25) is 0 Å². The number of benzene rings is 2. The summed E-state index contributed by atoms with van der Waals surface area (Å²) < 4.78 is 1.80. The van der Waals surface area contributed by atoms with Gasteiger partial charge in [-0.1, -0.05) is 68.1 Å². The number of thioether (sulfide) groups is 2. The number of nitrogens with zero attached hydrogens (tertiary/aromatic N) is 2. The molecule has 32 heavy (non-hydrogen) atoms. The van der Waals surface area contributed by atoms with Gasteiger partial charge in [0.25, 0.3) is 0 Å². The molecule has 4 rings (SSSR count). The second-order valence-corrected chi connectivity index (χ2v) is 10.8. The summed E-state index contributed by atoms with van der Waals surface area (Å²) in [6.07, 6.45) is 1.38. The highest BCUT2D eigenvalue weighted by molar-refractivity contribution is 8.18. The smallest absolute Gasteiger partial charge is 0.396 e. The Kier molecular flexibility index (Phi) is 7.08. The maximum atomic E-state index is 13.2. The minimum atomic E-state index is -0.421. The quantitative estimate of drug-likeness (QED) is 0.447. The van der Waals surface area contributed by atoms with Gasteiger partial charge in [-0.2, -0.15) is 14.3 Å². The topological polar surface area (TPSA) is 60.6 Å². The molecular formula is C25H29N2O3S2+. The monoisotopic (exact) mass is 469 g/mol. The number of aliphatic hydroxyl groups is 1. The number of aliphatic hydroxyl groups excluding tert-OH is 1. The van der Waals surface area contributed by atoms with Crippen LogP contribution in [0.5, 0.6) is 0 Å². The highest BCUT2D eigenvalue weighted by atomic mass is 32.2. The van der Waals surface area contributed by atoms with Crippen molar-refractivity contribution in [2.45, 2.75) is 26.7 Å². The third-order valence-electron chi connectivity index (χ3n) is 5.71. The summed E-state index contributed by atoms with van der Waals surface area (Å²) in [7, 11) is 1.58. The van der Waals surface area contributed by atoms with E-state index in [1.165, 1.54) is 21.2 Å². The van der Waals surface area contributed by atoms with E-state index in [0.717, 1.165) is 20.6 Å². The Labute approximate surface area is 197 Å².